The number of rotatable bonds is 1. The smallest absolute Gasteiger partial charge is 0.196 e. The summed E-state index contributed by atoms with van der Waals surface area (Å²) in [7, 11) is 0. The zero-order valence-corrected chi connectivity index (χ0v) is 8.02. The molecule has 2 heterocycles. The van der Waals surface area contributed by atoms with E-state index in [1.165, 1.54) is 0 Å². The van der Waals surface area contributed by atoms with E-state index in [4.69, 9.17) is 10.00 Å². The maximum atomic E-state index is 8.63. The Hall–Kier alpha value is -0.950. The zero-order valence-electron chi connectivity index (χ0n) is 8.02. The Morgan fingerprint density at radius 2 is 2.36 bits per heavy atom. The molecule has 74 valence electrons. The van der Waals surface area contributed by atoms with Gasteiger partial charge in [-0.1, -0.05) is 0 Å². The summed E-state index contributed by atoms with van der Waals surface area (Å²) in [5, 5.41) is 17.0. The topological polar surface area (TPSA) is 57.7 Å². The van der Waals surface area contributed by atoms with Crippen LogP contribution in [0.3, 0.4) is 0 Å². The highest BCUT2D eigenvalue weighted by atomic mass is 16.5. The normalized spacial score (nSPS) is 42.1. The third kappa shape index (κ3) is 1.09. The molecule has 3 aliphatic rings. The molecule has 14 heavy (non-hydrogen) atoms. The third-order valence-electron chi connectivity index (χ3n) is 3.64. The van der Waals surface area contributed by atoms with Gasteiger partial charge in [0.05, 0.1) is 24.7 Å². The van der Waals surface area contributed by atoms with Crippen LogP contribution in [0.1, 0.15) is 32.1 Å². The van der Waals surface area contributed by atoms with Crippen LogP contribution in [0.5, 0.6) is 0 Å². The first-order chi connectivity index (χ1) is 6.84. The van der Waals surface area contributed by atoms with Crippen LogP contribution >= 0.6 is 0 Å². The Labute approximate surface area is 83.0 Å². The predicted octanol–water partition coefficient (Wildman–Crippen LogP) is 2.02. The number of hydrogen-bond donors (Lipinski definition) is 0. The lowest BCUT2D eigenvalue weighted by Gasteiger charge is -2.28. The summed E-state index contributed by atoms with van der Waals surface area (Å²) < 4.78 is 5.84. The van der Waals surface area contributed by atoms with Crippen LogP contribution in [0, 0.1) is 17.2 Å². The number of fused-ring (bicyclic) bond motifs is 2. The van der Waals surface area contributed by atoms with Crippen LogP contribution in [0.2, 0.25) is 0 Å². The maximum absolute atomic E-state index is 8.63. The molecule has 0 amide bonds. The first-order valence-corrected chi connectivity index (χ1v) is 5.30. The van der Waals surface area contributed by atoms with E-state index in [1.54, 1.807) is 0 Å². The second-order valence-corrected chi connectivity index (χ2v) is 4.47. The summed E-state index contributed by atoms with van der Waals surface area (Å²) >= 11 is 0. The van der Waals surface area contributed by atoms with Crippen molar-refractivity contribution in [2.45, 2.75) is 50.0 Å². The van der Waals surface area contributed by atoms with Crippen molar-refractivity contribution in [1.82, 2.24) is 0 Å². The SMILES string of the molecule is N#CCC1CC2C(CCCC23N=N3)O1. The molecule has 0 N–H and O–H groups in total. The molecule has 4 nitrogen and oxygen atoms in total. The highest BCUT2D eigenvalue weighted by molar-refractivity contribution is 5.08. The minimum absolute atomic E-state index is 0.0763. The molecule has 3 atom stereocenters. The van der Waals surface area contributed by atoms with Gasteiger partial charge in [-0.25, -0.2) is 0 Å². The summed E-state index contributed by atoms with van der Waals surface area (Å²) in [4.78, 5) is 0. The van der Waals surface area contributed by atoms with E-state index in [1.807, 2.05) is 0 Å². The standard InChI is InChI=1S/C10H13N3O/c11-5-3-7-6-8-9(14-7)2-1-4-10(8)12-13-10/h7-9H,1-4,6H2. The van der Waals surface area contributed by atoms with Gasteiger partial charge in [0.1, 0.15) is 0 Å². The summed E-state index contributed by atoms with van der Waals surface area (Å²) in [6.07, 6.45) is 5.32. The van der Waals surface area contributed by atoms with Crippen LogP contribution in [-0.2, 0) is 4.74 Å². The molecule has 4 heteroatoms. The minimum Gasteiger partial charge on any atom is -0.373 e. The highest BCUT2D eigenvalue weighted by Crippen LogP contribution is 2.52. The summed E-state index contributed by atoms with van der Waals surface area (Å²) in [5.41, 5.74) is -0.0763. The number of ether oxygens (including phenoxy) is 1. The number of nitriles is 1. The Kier molecular flexibility index (Phi) is 1.65. The molecule has 3 rings (SSSR count). The lowest BCUT2D eigenvalue weighted by atomic mass is 9.78. The lowest BCUT2D eigenvalue weighted by Crippen LogP contribution is -2.35. The second-order valence-electron chi connectivity index (χ2n) is 4.47. The van der Waals surface area contributed by atoms with Crippen molar-refractivity contribution in [3.63, 3.8) is 0 Å². The first-order valence-electron chi connectivity index (χ1n) is 5.30. The van der Waals surface area contributed by atoms with E-state index in [-0.39, 0.29) is 11.8 Å². The van der Waals surface area contributed by atoms with Crippen molar-refractivity contribution in [2.24, 2.45) is 16.1 Å². The fourth-order valence-corrected chi connectivity index (χ4v) is 2.88. The molecule has 0 aromatic heterocycles. The second kappa shape index (κ2) is 2.77. The summed E-state index contributed by atoms with van der Waals surface area (Å²) in [6.45, 7) is 0. The van der Waals surface area contributed by atoms with E-state index in [0.717, 1.165) is 25.7 Å². The molecule has 0 radical (unpaired) electrons. The lowest BCUT2D eigenvalue weighted by molar-refractivity contribution is 0.0125. The molecule has 1 saturated heterocycles. The average Bonchev–Trinajstić information content (AvgIpc) is 2.80. The van der Waals surface area contributed by atoms with Gasteiger partial charge in [0, 0.05) is 5.92 Å². The van der Waals surface area contributed by atoms with Gasteiger partial charge in [-0.15, -0.1) is 0 Å². The van der Waals surface area contributed by atoms with Gasteiger partial charge in [0.15, 0.2) is 5.66 Å². The molecule has 3 unspecified atom stereocenters. The largest absolute Gasteiger partial charge is 0.373 e. The molecule has 2 fully saturated rings. The van der Waals surface area contributed by atoms with E-state index in [9.17, 15) is 0 Å². The molecule has 0 aromatic rings. The first kappa shape index (κ1) is 8.37. The Morgan fingerprint density at radius 3 is 3.07 bits per heavy atom. The number of nitrogens with zero attached hydrogens (tertiary/aromatic N) is 3. The van der Waals surface area contributed by atoms with E-state index >= 15 is 0 Å². The minimum atomic E-state index is -0.0763. The molecule has 1 aliphatic carbocycles. The predicted molar refractivity (Wildman–Crippen MR) is 48.4 cm³/mol. The molecule has 2 aliphatic heterocycles. The average molecular weight is 191 g/mol. The van der Waals surface area contributed by atoms with Gasteiger partial charge in [-0.05, 0) is 25.7 Å². The molecular formula is C10H13N3O. The van der Waals surface area contributed by atoms with Gasteiger partial charge >= 0.3 is 0 Å². The Balaban J connectivity index is 1.74. The Bertz CT molecular complexity index is 314. The van der Waals surface area contributed by atoms with Gasteiger partial charge in [-0.3, -0.25) is 0 Å². The molecule has 1 spiro atoms. The monoisotopic (exact) mass is 191 g/mol. The summed E-state index contributed by atoms with van der Waals surface area (Å²) in [6, 6.07) is 2.18. The van der Waals surface area contributed by atoms with Crippen molar-refractivity contribution in [3.05, 3.63) is 0 Å². The van der Waals surface area contributed by atoms with Crippen molar-refractivity contribution in [1.29, 1.82) is 5.26 Å². The molecule has 0 bridgehead atoms. The van der Waals surface area contributed by atoms with Crippen molar-refractivity contribution < 1.29 is 4.74 Å². The zero-order chi connectivity index (χ0) is 9.60. The Morgan fingerprint density at radius 1 is 1.50 bits per heavy atom. The fourth-order valence-electron chi connectivity index (χ4n) is 2.88. The molecule has 1 saturated carbocycles. The van der Waals surface area contributed by atoms with E-state index in [2.05, 4.69) is 16.3 Å². The van der Waals surface area contributed by atoms with Crippen molar-refractivity contribution >= 4 is 0 Å². The van der Waals surface area contributed by atoms with E-state index in [0.29, 0.717) is 18.4 Å². The van der Waals surface area contributed by atoms with Crippen LogP contribution in [0.25, 0.3) is 0 Å². The third-order valence-corrected chi connectivity index (χ3v) is 3.64. The van der Waals surface area contributed by atoms with Crippen molar-refractivity contribution in [3.8, 4) is 6.07 Å². The van der Waals surface area contributed by atoms with Gasteiger partial charge in [0.25, 0.3) is 0 Å². The van der Waals surface area contributed by atoms with Gasteiger partial charge in [-0.2, -0.15) is 15.5 Å². The van der Waals surface area contributed by atoms with E-state index < -0.39 is 0 Å². The number of hydrogen-bond acceptors (Lipinski definition) is 4. The van der Waals surface area contributed by atoms with Crippen LogP contribution < -0.4 is 0 Å². The van der Waals surface area contributed by atoms with Gasteiger partial charge in [0.2, 0.25) is 0 Å². The van der Waals surface area contributed by atoms with Crippen LogP contribution in [-0.4, -0.2) is 17.9 Å². The summed E-state index contributed by atoms with van der Waals surface area (Å²) in [5.74, 6) is 0.467. The van der Waals surface area contributed by atoms with Crippen LogP contribution in [0.15, 0.2) is 10.2 Å². The highest BCUT2D eigenvalue weighted by Gasteiger charge is 2.57. The maximum Gasteiger partial charge on any atom is 0.196 e. The quantitative estimate of drug-likeness (QED) is 0.636. The van der Waals surface area contributed by atoms with Gasteiger partial charge < -0.3 is 4.74 Å². The van der Waals surface area contributed by atoms with Crippen molar-refractivity contribution in [2.75, 3.05) is 0 Å². The molecular weight excluding hydrogens is 178 g/mol. The fraction of sp³-hybridized carbons (Fsp3) is 0.900. The van der Waals surface area contributed by atoms with Crippen LogP contribution in [0.4, 0.5) is 0 Å². The molecule has 0 aromatic carbocycles.